The molecule has 0 amide bonds. The van der Waals surface area contributed by atoms with Crippen molar-refractivity contribution >= 4 is 5.96 Å². The third-order valence-electron chi connectivity index (χ3n) is 6.59. The number of piperidine rings is 1. The molecule has 2 aromatic carbocycles. The minimum absolute atomic E-state index is 0.328. The highest BCUT2D eigenvalue weighted by Crippen LogP contribution is 2.22. The Morgan fingerprint density at radius 3 is 2.44 bits per heavy atom. The number of ether oxygens (including phenoxy) is 2. The van der Waals surface area contributed by atoms with E-state index in [1.807, 2.05) is 7.05 Å². The summed E-state index contributed by atoms with van der Waals surface area (Å²) in [5, 5.41) is 3.57. The molecule has 0 radical (unpaired) electrons. The van der Waals surface area contributed by atoms with E-state index in [4.69, 9.17) is 9.47 Å². The number of hydrogen-bond acceptors (Lipinski definition) is 3. The van der Waals surface area contributed by atoms with Crippen molar-refractivity contribution in [2.24, 2.45) is 10.9 Å². The Balaban J connectivity index is 1.22. The fourth-order valence-corrected chi connectivity index (χ4v) is 4.70. The molecule has 2 aliphatic rings. The molecule has 0 aromatic heterocycles. The molecule has 4 rings (SSSR count). The van der Waals surface area contributed by atoms with Gasteiger partial charge in [0.05, 0.1) is 12.7 Å². The van der Waals surface area contributed by atoms with Crippen molar-refractivity contribution in [2.45, 2.75) is 51.4 Å². The highest BCUT2D eigenvalue weighted by atomic mass is 16.5. The number of likely N-dealkylation sites (tertiary alicyclic amines) is 1. The zero-order chi connectivity index (χ0) is 22.0. The third-order valence-corrected chi connectivity index (χ3v) is 6.59. The quantitative estimate of drug-likeness (QED) is 0.517. The zero-order valence-electron chi connectivity index (χ0n) is 19.3. The van der Waals surface area contributed by atoms with Crippen LogP contribution in [-0.4, -0.2) is 50.3 Å². The van der Waals surface area contributed by atoms with E-state index in [-0.39, 0.29) is 0 Å². The Labute approximate surface area is 192 Å². The molecule has 2 aliphatic heterocycles. The fraction of sp³-hybridized carbons (Fsp3) is 0.519. The first kappa shape index (κ1) is 22.8. The molecule has 2 saturated heterocycles. The molecule has 172 valence electrons. The van der Waals surface area contributed by atoms with E-state index in [1.54, 1.807) is 0 Å². The van der Waals surface area contributed by atoms with Gasteiger partial charge in [0.15, 0.2) is 5.96 Å². The van der Waals surface area contributed by atoms with Crippen molar-refractivity contribution in [1.29, 1.82) is 0 Å². The number of benzene rings is 2. The summed E-state index contributed by atoms with van der Waals surface area (Å²) >= 11 is 0. The molecular weight excluding hydrogens is 398 g/mol. The summed E-state index contributed by atoms with van der Waals surface area (Å²) in [5.74, 6) is 1.77. The number of guanidine groups is 1. The Morgan fingerprint density at radius 1 is 0.969 bits per heavy atom. The number of hydrogen-bond donors (Lipinski definition) is 1. The van der Waals surface area contributed by atoms with E-state index in [2.05, 4.69) is 69.8 Å². The molecule has 0 bridgehead atoms. The first-order chi connectivity index (χ1) is 15.8. The smallest absolute Gasteiger partial charge is 0.193 e. The van der Waals surface area contributed by atoms with Crippen molar-refractivity contribution in [2.75, 3.05) is 33.4 Å². The van der Waals surface area contributed by atoms with Crippen LogP contribution < -0.4 is 5.32 Å². The first-order valence-corrected chi connectivity index (χ1v) is 12.1. The molecular formula is C27H37N3O2. The second-order valence-electron chi connectivity index (χ2n) is 8.96. The molecule has 0 unspecified atom stereocenters. The monoisotopic (exact) mass is 435 g/mol. The van der Waals surface area contributed by atoms with E-state index >= 15 is 0 Å². The van der Waals surface area contributed by atoms with Crippen molar-refractivity contribution in [3.05, 3.63) is 71.3 Å². The SMILES string of the molecule is CN=C(NCc1cccc(COC2CCOCC2)c1)N1CCC(Cc2ccccc2)CC1. The second-order valence-corrected chi connectivity index (χ2v) is 8.96. The van der Waals surface area contributed by atoms with Gasteiger partial charge in [0.2, 0.25) is 0 Å². The van der Waals surface area contributed by atoms with E-state index in [0.717, 1.165) is 57.6 Å². The lowest BCUT2D eigenvalue weighted by atomic mass is 9.90. The molecule has 2 aromatic rings. The fourth-order valence-electron chi connectivity index (χ4n) is 4.70. The van der Waals surface area contributed by atoms with Crippen molar-refractivity contribution < 1.29 is 9.47 Å². The van der Waals surface area contributed by atoms with Gasteiger partial charge in [-0.2, -0.15) is 0 Å². The van der Waals surface area contributed by atoms with Crippen LogP contribution >= 0.6 is 0 Å². The highest BCUT2D eigenvalue weighted by molar-refractivity contribution is 5.79. The lowest BCUT2D eigenvalue weighted by Gasteiger charge is -2.34. The topological polar surface area (TPSA) is 46.1 Å². The van der Waals surface area contributed by atoms with Gasteiger partial charge < -0.3 is 19.7 Å². The van der Waals surface area contributed by atoms with Crippen LogP contribution in [0.2, 0.25) is 0 Å². The lowest BCUT2D eigenvalue weighted by molar-refractivity contribution is -0.0390. The highest BCUT2D eigenvalue weighted by Gasteiger charge is 2.21. The van der Waals surface area contributed by atoms with Gasteiger partial charge in [-0.1, -0.05) is 54.6 Å². The minimum atomic E-state index is 0.328. The summed E-state index contributed by atoms with van der Waals surface area (Å²) in [4.78, 5) is 6.95. The number of nitrogens with zero attached hydrogens (tertiary/aromatic N) is 2. The lowest BCUT2D eigenvalue weighted by Crippen LogP contribution is -2.45. The molecule has 1 N–H and O–H groups in total. The number of aliphatic imine (C=N–C) groups is 1. The molecule has 0 spiro atoms. The van der Waals surface area contributed by atoms with Crippen LogP contribution in [0.1, 0.15) is 42.4 Å². The Bertz CT molecular complexity index is 841. The Hall–Kier alpha value is -2.37. The Kier molecular flexibility index (Phi) is 8.57. The van der Waals surface area contributed by atoms with Crippen LogP contribution in [0, 0.1) is 5.92 Å². The van der Waals surface area contributed by atoms with Crippen LogP contribution in [-0.2, 0) is 29.0 Å². The molecule has 5 nitrogen and oxygen atoms in total. The second kappa shape index (κ2) is 12.0. The van der Waals surface area contributed by atoms with Crippen molar-refractivity contribution in [1.82, 2.24) is 10.2 Å². The summed E-state index contributed by atoms with van der Waals surface area (Å²) in [6.07, 6.45) is 5.94. The Morgan fingerprint density at radius 2 is 1.69 bits per heavy atom. The molecule has 2 heterocycles. The minimum Gasteiger partial charge on any atom is -0.381 e. The third kappa shape index (κ3) is 6.81. The maximum Gasteiger partial charge on any atom is 0.193 e. The summed E-state index contributed by atoms with van der Waals surface area (Å²) in [6.45, 7) is 5.21. The first-order valence-electron chi connectivity index (χ1n) is 12.1. The van der Waals surface area contributed by atoms with E-state index in [9.17, 15) is 0 Å². The predicted octanol–water partition coefficient (Wildman–Crippen LogP) is 4.41. The largest absolute Gasteiger partial charge is 0.381 e. The number of rotatable bonds is 7. The standard InChI is InChI=1S/C27H37N3O2/c1-28-27(30-14-10-23(11-15-30)18-22-6-3-2-4-7-22)29-20-24-8-5-9-25(19-24)21-32-26-12-16-31-17-13-26/h2-9,19,23,26H,10-18,20-21H2,1H3,(H,28,29). The van der Waals surface area contributed by atoms with Gasteiger partial charge in [0.25, 0.3) is 0 Å². The normalized spacial score (nSPS) is 18.7. The summed E-state index contributed by atoms with van der Waals surface area (Å²) < 4.78 is 11.5. The zero-order valence-corrected chi connectivity index (χ0v) is 19.3. The molecule has 2 fully saturated rings. The summed E-state index contributed by atoms with van der Waals surface area (Å²) in [6, 6.07) is 19.6. The number of nitrogens with one attached hydrogen (secondary N) is 1. The van der Waals surface area contributed by atoms with E-state index < -0.39 is 0 Å². The van der Waals surface area contributed by atoms with Gasteiger partial charge in [0, 0.05) is 39.9 Å². The van der Waals surface area contributed by atoms with Crippen LogP contribution in [0.15, 0.2) is 59.6 Å². The summed E-state index contributed by atoms with van der Waals surface area (Å²) in [5.41, 5.74) is 3.94. The molecule has 32 heavy (non-hydrogen) atoms. The van der Waals surface area contributed by atoms with Gasteiger partial charge in [-0.05, 0) is 54.7 Å². The predicted molar refractivity (Wildman–Crippen MR) is 130 cm³/mol. The van der Waals surface area contributed by atoms with E-state index in [0.29, 0.717) is 12.7 Å². The average molecular weight is 436 g/mol. The van der Waals surface area contributed by atoms with Crippen LogP contribution in [0.25, 0.3) is 0 Å². The van der Waals surface area contributed by atoms with Gasteiger partial charge in [-0.25, -0.2) is 0 Å². The van der Waals surface area contributed by atoms with Gasteiger partial charge in [0.1, 0.15) is 0 Å². The van der Waals surface area contributed by atoms with Gasteiger partial charge in [-0.15, -0.1) is 0 Å². The van der Waals surface area contributed by atoms with Crippen LogP contribution in [0.5, 0.6) is 0 Å². The van der Waals surface area contributed by atoms with E-state index in [1.165, 1.54) is 36.0 Å². The molecule has 0 saturated carbocycles. The molecule has 5 heteroatoms. The van der Waals surface area contributed by atoms with Crippen LogP contribution in [0.4, 0.5) is 0 Å². The van der Waals surface area contributed by atoms with Gasteiger partial charge in [-0.3, -0.25) is 4.99 Å². The molecule has 0 atom stereocenters. The van der Waals surface area contributed by atoms with Crippen molar-refractivity contribution in [3.63, 3.8) is 0 Å². The maximum absolute atomic E-state index is 6.09. The summed E-state index contributed by atoms with van der Waals surface area (Å²) in [7, 11) is 1.89. The van der Waals surface area contributed by atoms with Crippen LogP contribution in [0.3, 0.4) is 0 Å². The average Bonchev–Trinajstić information content (AvgIpc) is 2.86. The van der Waals surface area contributed by atoms with Crippen molar-refractivity contribution in [3.8, 4) is 0 Å². The molecule has 0 aliphatic carbocycles. The maximum atomic E-state index is 6.09. The van der Waals surface area contributed by atoms with Gasteiger partial charge >= 0.3 is 0 Å².